The van der Waals surface area contributed by atoms with Crippen LogP contribution in [-0.4, -0.2) is 50.3 Å². The van der Waals surface area contributed by atoms with Gasteiger partial charge in [0, 0.05) is 31.5 Å². The number of hydrogen-bond acceptors (Lipinski definition) is 5. The third kappa shape index (κ3) is 7.59. The van der Waals surface area contributed by atoms with Gasteiger partial charge in [-0.3, -0.25) is 4.79 Å². The van der Waals surface area contributed by atoms with Gasteiger partial charge in [0.25, 0.3) is 0 Å². The third-order valence-electron chi connectivity index (χ3n) is 4.90. The fraction of sp³-hybridized carbons (Fsp3) is 0.619. The molecule has 0 aliphatic carbocycles. The summed E-state index contributed by atoms with van der Waals surface area (Å²) in [5.74, 6) is -0.678. The van der Waals surface area contributed by atoms with E-state index in [1.54, 1.807) is 4.90 Å². The van der Waals surface area contributed by atoms with Gasteiger partial charge >= 0.3 is 6.09 Å². The van der Waals surface area contributed by atoms with E-state index < -0.39 is 26.2 Å². The van der Waals surface area contributed by atoms with Crippen molar-refractivity contribution in [1.29, 1.82) is 0 Å². The summed E-state index contributed by atoms with van der Waals surface area (Å²) in [6.07, 6.45) is 4.25. The van der Waals surface area contributed by atoms with Crippen LogP contribution in [0.5, 0.6) is 0 Å². The summed E-state index contributed by atoms with van der Waals surface area (Å²) < 4.78 is 42.2. The van der Waals surface area contributed by atoms with Gasteiger partial charge in [0.2, 0.25) is 5.91 Å². The summed E-state index contributed by atoms with van der Waals surface area (Å²) in [6, 6.07) is 3.54. The van der Waals surface area contributed by atoms with E-state index in [4.69, 9.17) is 4.74 Å². The van der Waals surface area contributed by atoms with Crippen LogP contribution in [0.4, 0.5) is 14.9 Å². The Morgan fingerprint density at radius 1 is 1.23 bits per heavy atom. The van der Waals surface area contributed by atoms with Crippen molar-refractivity contribution in [3.8, 4) is 0 Å². The number of nitrogens with zero attached hydrogens (tertiary/aromatic N) is 1. The maximum atomic E-state index is 13.9. The molecule has 1 aliphatic heterocycles. The van der Waals surface area contributed by atoms with Crippen molar-refractivity contribution in [3.05, 3.63) is 24.0 Å². The highest BCUT2D eigenvalue weighted by atomic mass is 32.2. The zero-order chi connectivity index (χ0) is 22.5. The molecule has 1 aromatic rings. The van der Waals surface area contributed by atoms with Gasteiger partial charge in [-0.1, -0.05) is 0 Å². The Labute approximate surface area is 177 Å². The zero-order valence-electron chi connectivity index (χ0n) is 18.0. The van der Waals surface area contributed by atoms with E-state index in [9.17, 15) is 22.4 Å². The van der Waals surface area contributed by atoms with Crippen LogP contribution in [0, 0.1) is 11.7 Å². The van der Waals surface area contributed by atoms with E-state index in [1.807, 2.05) is 20.8 Å². The Hall–Kier alpha value is -2.16. The molecular weight excluding hydrogens is 411 g/mol. The molecule has 2 amide bonds. The average molecular weight is 443 g/mol. The summed E-state index contributed by atoms with van der Waals surface area (Å²) >= 11 is 0. The number of sulfone groups is 1. The predicted molar refractivity (Wildman–Crippen MR) is 113 cm³/mol. The van der Waals surface area contributed by atoms with E-state index in [2.05, 4.69) is 5.32 Å². The molecule has 1 aromatic carbocycles. The Kier molecular flexibility index (Phi) is 7.85. The Balaban J connectivity index is 1.72. The summed E-state index contributed by atoms with van der Waals surface area (Å²) in [4.78, 5) is 25.5. The topological polar surface area (TPSA) is 92.8 Å². The first-order valence-electron chi connectivity index (χ1n) is 10.1. The maximum absolute atomic E-state index is 13.9. The molecule has 1 heterocycles. The molecule has 0 radical (unpaired) electrons. The van der Waals surface area contributed by atoms with Crippen molar-refractivity contribution in [2.45, 2.75) is 63.4 Å². The SMILES string of the molecule is CC(C)(C)OC(=O)N1CCC(CCCC(=O)Nc2ccc(S(C)(=O)=O)c(F)c2)CC1. The minimum absolute atomic E-state index is 0.232. The normalized spacial score (nSPS) is 15.7. The van der Waals surface area contributed by atoms with E-state index >= 15 is 0 Å². The van der Waals surface area contributed by atoms with Gasteiger partial charge < -0.3 is 15.0 Å². The molecule has 30 heavy (non-hydrogen) atoms. The number of anilines is 1. The Morgan fingerprint density at radius 3 is 2.40 bits per heavy atom. The van der Waals surface area contributed by atoms with Crippen LogP contribution >= 0.6 is 0 Å². The van der Waals surface area contributed by atoms with Gasteiger partial charge in [-0.05, 0) is 70.6 Å². The number of carbonyl (C=O) groups is 2. The lowest BCUT2D eigenvalue weighted by atomic mass is 9.91. The van der Waals surface area contributed by atoms with Crippen LogP contribution in [0.1, 0.15) is 52.9 Å². The first-order valence-corrected chi connectivity index (χ1v) is 12.0. The summed E-state index contributed by atoms with van der Waals surface area (Å²) in [7, 11) is -3.64. The van der Waals surface area contributed by atoms with Crippen molar-refractivity contribution in [1.82, 2.24) is 4.90 Å². The fourth-order valence-electron chi connectivity index (χ4n) is 3.38. The number of amides is 2. The quantitative estimate of drug-likeness (QED) is 0.719. The molecule has 168 valence electrons. The van der Waals surface area contributed by atoms with Gasteiger partial charge in [-0.2, -0.15) is 0 Å². The molecule has 1 fully saturated rings. The van der Waals surface area contributed by atoms with Crippen molar-refractivity contribution >= 4 is 27.5 Å². The molecule has 0 aromatic heterocycles. The van der Waals surface area contributed by atoms with Crippen LogP contribution < -0.4 is 5.32 Å². The van der Waals surface area contributed by atoms with Crippen molar-refractivity contribution in [2.75, 3.05) is 24.7 Å². The first kappa shape index (κ1) is 24.1. The summed E-state index contributed by atoms with van der Waals surface area (Å²) in [5, 5.41) is 2.60. The number of nitrogens with one attached hydrogen (secondary N) is 1. The number of rotatable bonds is 6. The first-order chi connectivity index (χ1) is 13.8. The van der Waals surface area contributed by atoms with Gasteiger partial charge in [0.15, 0.2) is 9.84 Å². The van der Waals surface area contributed by atoms with Crippen LogP contribution in [-0.2, 0) is 19.4 Å². The summed E-state index contributed by atoms with van der Waals surface area (Å²) in [5.41, 5.74) is -0.273. The molecule has 1 saturated heterocycles. The molecule has 0 bridgehead atoms. The van der Waals surface area contributed by atoms with Gasteiger partial charge in [-0.25, -0.2) is 17.6 Å². The lowest BCUT2D eigenvalue weighted by Crippen LogP contribution is -2.41. The lowest BCUT2D eigenvalue weighted by Gasteiger charge is -2.33. The smallest absolute Gasteiger partial charge is 0.410 e. The second-order valence-corrected chi connectivity index (χ2v) is 10.8. The van der Waals surface area contributed by atoms with Gasteiger partial charge in [0.1, 0.15) is 16.3 Å². The minimum atomic E-state index is -3.64. The second kappa shape index (κ2) is 9.76. The van der Waals surface area contributed by atoms with Crippen LogP contribution in [0.3, 0.4) is 0 Å². The molecule has 1 N–H and O–H groups in total. The number of benzene rings is 1. The predicted octanol–water partition coefficient (Wildman–Crippen LogP) is 3.99. The highest BCUT2D eigenvalue weighted by Crippen LogP contribution is 2.24. The van der Waals surface area contributed by atoms with Crippen LogP contribution in [0.2, 0.25) is 0 Å². The average Bonchev–Trinajstić information content (AvgIpc) is 2.59. The van der Waals surface area contributed by atoms with E-state index in [0.717, 1.165) is 37.7 Å². The molecule has 0 spiro atoms. The highest BCUT2D eigenvalue weighted by Gasteiger charge is 2.26. The van der Waals surface area contributed by atoms with Crippen LogP contribution in [0.25, 0.3) is 0 Å². The standard InChI is InChI=1S/C21H31FN2O5S/c1-21(2,3)29-20(26)24-12-10-15(11-13-24)6-5-7-19(25)23-16-8-9-18(17(22)14-16)30(4,27)28/h8-9,14-15H,5-7,10-13H2,1-4H3,(H,23,25). The molecule has 0 atom stereocenters. The number of halogens is 1. The van der Waals surface area contributed by atoms with E-state index in [0.29, 0.717) is 31.8 Å². The van der Waals surface area contributed by atoms with Crippen molar-refractivity contribution in [2.24, 2.45) is 5.92 Å². The summed E-state index contributed by atoms with van der Waals surface area (Å²) in [6.45, 7) is 6.83. The molecule has 9 heteroatoms. The van der Waals surface area contributed by atoms with E-state index in [-0.39, 0.29) is 17.7 Å². The lowest BCUT2D eigenvalue weighted by molar-refractivity contribution is -0.116. The minimum Gasteiger partial charge on any atom is -0.444 e. The maximum Gasteiger partial charge on any atom is 0.410 e. The Bertz CT molecular complexity index is 872. The molecular formula is C21H31FN2O5S. The number of likely N-dealkylation sites (tertiary alicyclic amines) is 1. The Morgan fingerprint density at radius 2 is 1.87 bits per heavy atom. The molecule has 0 saturated carbocycles. The second-order valence-electron chi connectivity index (χ2n) is 8.77. The molecule has 7 nitrogen and oxygen atoms in total. The number of ether oxygens (including phenoxy) is 1. The van der Waals surface area contributed by atoms with Crippen LogP contribution in [0.15, 0.2) is 23.1 Å². The highest BCUT2D eigenvalue weighted by molar-refractivity contribution is 7.90. The number of piperidine rings is 1. The molecule has 1 aliphatic rings. The molecule has 2 rings (SSSR count). The fourth-order valence-corrected chi connectivity index (χ4v) is 4.11. The van der Waals surface area contributed by atoms with E-state index in [1.165, 1.54) is 6.07 Å². The zero-order valence-corrected chi connectivity index (χ0v) is 18.9. The molecule has 0 unspecified atom stereocenters. The largest absolute Gasteiger partial charge is 0.444 e. The number of carbonyl (C=O) groups excluding carboxylic acids is 2. The van der Waals surface area contributed by atoms with Gasteiger partial charge in [0.05, 0.1) is 0 Å². The van der Waals surface area contributed by atoms with Crippen molar-refractivity contribution in [3.63, 3.8) is 0 Å². The van der Waals surface area contributed by atoms with Crippen molar-refractivity contribution < 1.29 is 27.1 Å². The third-order valence-corrected chi connectivity index (χ3v) is 6.03. The number of hydrogen-bond donors (Lipinski definition) is 1. The monoisotopic (exact) mass is 442 g/mol. The van der Waals surface area contributed by atoms with Gasteiger partial charge in [-0.15, -0.1) is 0 Å².